The number of nitrogens with one attached hydrogen (secondary N) is 1. The van der Waals surface area contributed by atoms with Gasteiger partial charge in [0.05, 0.1) is 10.7 Å². The van der Waals surface area contributed by atoms with Crippen molar-refractivity contribution in [3.63, 3.8) is 0 Å². The van der Waals surface area contributed by atoms with Crippen molar-refractivity contribution in [3.8, 4) is 0 Å². The van der Waals surface area contributed by atoms with E-state index in [1.165, 1.54) is 4.52 Å². The van der Waals surface area contributed by atoms with Crippen LogP contribution in [0.1, 0.15) is 82.5 Å². The van der Waals surface area contributed by atoms with Gasteiger partial charge in [0.1, 0.15) is 12.1 Å². The Morgan fingerprint density at radius 1 is 1.24 bits per heavy atom. The third kappa shape index (κ3) is 4.84. The Morgan fingerprint density at radius 2 is 1.95 bits per heavy atom. The number of hydrogen-bond acceptors (Lipinski definition) is 6. The van der Waals surface area contributed by atoms with Gasteiger partial charge in [-0.05, 0) is 85.5 Å². The summed E-state index contributed by atoms with van der Waals surface area (Å²) >= 11 is 9.82. The Kier molecular flexibility index (Phi) is 6.76. The second-order valence-electron chi connectivity index (χ2n) is 12.8. The predicted octanol–water partition coefficient (Wildman–Crippen LogP) is 5.45. The molecule has 12 heteroatoms. The summed E-state index contributed by atoms with van der Waals surface area (Å²) in [5.41, 5.74) is 2.05. The van der Waals surface area contributed by atoms with Crippen LogP contribution in [0.3, 0.4) is 0 Å². The van der Waals surface area contributed by atoms with Crippen molar-refractivity contribution < 1.29 is 14.3 Å². The van der Waals surface area contributed by atoms with Gasteiger partial charge in [0, 0.05) is 35.7 Å². The van der Waals surface area contributed by atoms with E-state index >= 15 is 0 Å². The second-order valence-corrected chi connectivity index (χ2v) is 13.9. The maximum absolute atomic E-state index is 13.9. The van der Waals surface area contributed by atoms with Gasteiger partial charge in [-0.15, -0.1) is 5.10 Å². The van der Waals surface area contributed by atoms with E-state index in [0.717, 1.165) is 17.7 Å². The van der Waals surface area contributed by atoms with Crippen molar-refractivity contribution in [1.82, 2.24) is 24.1 Å². The van der Waals surface area contributed by atoms with Gasteiger partial charge >= 0.3 is 6.09 Å². The third-order valence-electron chi connectivity index (χ3n) is 8.65. The first-order valence-corrected chi connectivity index (χ1v) is 15.2. The molecule has 2 amide bonds. The van der Waals surface area contributed by atoms with Crippen LogP contribution in [-0.2, 0) is 21.5 Å². The number of ether oxygens (including phenoxy) is 1. The lowest BCUT2D eigenvalue weighted by Crippen LogP contribution is -2.49. The molecule has 218 valence electrons. The highest BCUT2D eigenvalue weighted by atomic mass is 79.9. The lowest BCUT2D eigenvalue weighted by molar-refractivity contribution is -0.116. The fourth-order valence-corrected chi connectivity index (χ4v) is 7.27. The summed E-state index contributed by atoms with van der Waals surface area (Å²) in [6, 6.07) is 5.65. The summed E-state index contributed by atoms with van der Waals surface area (Å²) in [6.07, 6.45) is 1.92. The number of piperidine rings is 1. The molecule has 1 spiro atoms. The number of carbonyl (C=O) groups is 2. The van der Waals surface area contributed by atoms with Crippen LogP contribution in [-0.4, -0.2) is 54.8 Å². The van der Waals surface area contributed by atoms with E-state index in [1.54, 1.807) is 4.90 Å². The molecule has 3 aromatic rings. The Morgan fingerprint density at radius 3 is 2.59 bits per heavy atom. The number of amides is 2. The molecule has 1 saturated heterocycles. The maximum atomic E-state index is 13.9. The first kappa shape index (κ1) is 28.2. The molecule has 41 heavy (non-hydrogen) atoms. The molecule has 0 unspecified atom stereocenters. The Hall–Kier alpha value is -2.92. The number of fused-ring (bicyclic) bond motifs is 6. The molecular weight excluding hydrogens is 612 g/mol. The molecule has 0 radical (unpaired) electrons. The molecule has 2 aliphatic carbocycles. The van der Waals surface area contributed by atoms with Crippen molar-refractivity contribution in [2.45, 2.75) is 83.3 Å². The van der Waals surface area contributed by atoms with E-state index in [-0.39, 0.29) is 46.1 Å². The molecular formula is C29H34BrClN6O4. The van der Waals surface area contributed by atoms with Gasteiger partial charge in [0.15, 0.2) is 0 Å². The molecule has 1 aromatic carbocycles. The molecule has 2 fully saturated rings. The number of carbonyl (C=O) groups excluding carboxylic acids is 2. The maximum Gasteiger partial charge on any atom is 0.410 e. The van der Waals surface area contributed by atoms with E-state index in [0.29, 0.717) is 53.9 Å². The average molecular weight is 646 g/mol. The van der Waals surface area contributed by atoms with Crippen molar-refractivity contribution >= 4 is 51.0 Å². The van der Waals surface area contributed by atoms with Crippen LogP contribution in [0.2, 0.25) is 5.02 Å². The number of likely N-dealkylation sites (tertiary alicyclic amines) is 1. The number of benzene rings is 1. The minimum Gasteiger partial charge on any atom is -0.444 e. The lowest BCUT2D eigenvalue weighted by Gasteiger charge is -2.41. The molecule has 10 nitrogen and oxygen atoms in total. The van der Waals surface area contributed by atoms with Crippen LogP contribution in [0.5, 0.6) is 0 Å². The molecule has 2 aromatic heterocycles. The first-order chi connectivity index (χ1) is 19.3. The normalized spacial score (nSPS) is 20.8. The number of halogens is 2. The summed E-state index contributed by atoms with van der Waals surface area (Å²) in [6.45, 7) is 10.7. The van der Waals surface area contributed by atoms with Gasteiger partial charge in [0.25, 0.3) is 5.56 Å². The second kappa shape index (κ2) is 9.83. The van der Waals surface area contributed by atoms with Gasteiger partial charge < -0.3 is 19.5 Å². The molecule has 3 aliphatic rings. The zero-order chi connectivity index (χ0) is 29.4. The van der Waals surface area contributed by atoms with Gasteiger partial charge in [-0.25, -0.2) is 4.79 Å². The molecule has 1 N–H and O–H groups in total. The lowest BCUT2D eigenvalue weighted by atomic mass is 9.71. The Labute approximate surface area is 251 Å². The van der Waals surface area contributed by atoms with Crippen LogP contribution >= 0.6 is 27.5 Å². The number of aromatic nitrogens is 4. The van der Waals surface area contributed by atoms with Crippen molar-refractivity contribution in [1.29, 1.82) is 0 Å². The van der Waals surface area contributed by atoms with E-state index in [9.17, 15) is 14.4 Å². The van der Waals surface area contributed by atoms with Gasteiger partial charge in [-0.2, -0.15) is 9.50 Å². The number of anilines is 1. The third-order valence-corrected chi connectivity index (χ3v) is 9.30. The summed E-state index contributed by atoms with van der Waals surface area (Å²) in [4.78, 5) is 46.3. The van der Waals surface area contributed by atoms with Crippen molar-refractivity contribution in [3.05, 3.63) is 55.1 Å². The summed E-state index contributed by atoms with van der Waals surface area (Å²) in [5.74, 6) is 0.817. The molecule has 6 rings (SSSR count). The highest BCUT2D eigenvalue weighted by Gasteiger charge is 2.64. The van der Waals surface area contributed by atoms with E-state index in [1.807, 2.05) is 43.5 Å². The highest BCUT2D eigenvalue weighted by Crippen LogP contribution is 2.67. The number of nitrogens with zero attached hydrogens (tertiary/aromatic N) is 5. The predicted molar refractivity (Wildman–Crippen MR) is 159 cm³/mol. The Balaban J connectivity index is 1.33. The highest BCUT2D eigenvalue weighted by molar-refractivity contribution is 9.10. The number of rotatable bonds is 4. The fraction of sp³-hybridized carbons (Fsp3) is 0.552. The quantitative estimate of drug-likeness (QED) is 0.404. The van der Waals surface area contributed by atoms with Crippen LogP contribution in [0.15, 0.2) is 27.7 Å². The SMILES string of the molecule is CC(C)c1ccc(NC(=O)Cn2c3c(c(=O)n4nc(Br)nc24)C2(CCN(C(=O)OC(C)(C)C)CC2)[C@@H]2C[C@H]32)c(Cl)c1. The minimum atomic E-state index is -0.575. The van der Waals surface area contributed by atoms with Crippen LogP contribution in [0.4, 0.5) is 10.5 Å². The van der Waals surface area contributed by atoms with Crippen molar-refractivity contribution in [2.75, 3.05) is 18.4 Å². The molecule has 1 aliphatic heterocycles. The van der Waals surface area contributed by atoms with Crippen LogP contribution in [0, 0.1) is 5.92 Å². The molecule has 1 saturated carbocycles. The van der Waals surface area contributed by atoms with Crippen molar-refractivity contribution in [2.24, 2.45) is 5.92 Å². The summed E-state index contributed by atoms with van der Waals surface area (Å²) in [5, 5.41) is 7.75. The minimum absolute atomic E-state index is 0.0388. The fourth-order valence-electron chi connectivity index (χ4n) is 6.71. The van der Waals surface area contributed by atoms with E-state index in [2.05, 4.69) is 45.2 Å². The molecule has 2 atom stereocenters. The van der Waals surface area contributed by atoms with Gasteiger partial charge in [0.2, 0.25) is 16.4 Å². The summed E-state index contributed by atoms with van der Waals surface area (Å²) in [7, 11) is 0. The molecule has 3 heterocycles. The van der Waals surface area contributed by atoms with Crippen LogP contribution < -0.4 is 10.9 Å². The topological polar surface area (TPSA) is 111 Å². The average Bonchev–Trinajstić information content (AvgIpc) is 3.52. The summed E-state index contributed by atoms with van der Waals surface area (Å²) < 4.78 is 9.02. The zero-order valence-electron chi connectivity index (χ0n) is 23.8. The Bertz CT molecular complexity index is 1630. The standard InChI is InChI=1S/C29H34BrClN6O4/c1-15(2)16-6-7-20(19(31)12-16)32-21(38)14-36-23-17-13-18(17)29(22(23)24(39)37-26(36)33-25(30)34-37)8-10-35(11-9-29)27(40)41-28(3,4)5/h6-7,12,15,17-18H,8-11,13-14H2,1-5H3,(H,32,38)/t17-,18+/m0/s1. The van der Waals surface area contributed by atoms with E-state index < -0.39 is 5.60 Å². The zero-order valence-corrected chi connectivity index (χ0v) is 26.2. The largest absolute Gasteiger partial charge is 0.444 e. The van der Waals surface area contributed by atoms with Crippen LogP contribution in [0.25, 0.3) is 5.78 Å². The van der Waals surface area contributed by atoms with E-state index in [4.69, 9.17) is 16.3 Å². The number of hydrogen-bond donors (Lipinski definition) is 1. The molecule has 0 bridgehead atoms. The first-order valence-electron chi connectivity index (χ1n) is 14.1. The van der Waals surface area contributed by atoms with Gasteiger partial charge in [-0.1, -0.05) is 31.5 Å². The van der Waals surface area contributed by atoms with Gasteiger partial charge in [-0.3, -0.25) is 9.59 Å². The monoisotopic (exact) mass is 644 g/mol. The smallest absolute Gasteiger partial charge is 0.410 e.